The van der Waals surface area contributed by atoms with Crippen LogP contribution in [0.5, 0.6) is 11.5 Å². The fraction of sp³-hybridized carbons (Fsp3) is 0.429. The lowest BCUT2D eigenvalue weighted by Gasteiger charge is -2.12. The van der Waals surface area contributed by atoms with Gasteiger partial charge >= 0.3 is 0 Å². The number of rotatable bonds is 8. The molecule has 0 saturated heterocycles. The molecule has 3 N–H and O–H groups in total. The summed E-state index contributed by atoms with van der Waals surface area (Å²) in [5.74, 6) is 1.51. The van der Waals surface area contributed by atoms with Gasteiger partial charge < -0.3 is 20.5 Å². The summed E-state index contributed by atoms with van der Waals surface area (Å²) in [6, 6.07) is 3.81. The molecule has 0 aromatic heterocycles. The van der Waals surface area contributed by atoms with Crippen molar-refractivity contribution >= 4 is 23.6 Å². The normalized spacial score (nSPS) is 10.0. The number of nitrogens with two attached hydrogens (primary N) is 1. The Morgan fingerprint density at radius 3 is 2.43 bits per heavy atom. The Balaban J connectivity index is 2.55. The number of amides is 2. The summed E-state index contributed by atoms with van der Waals surface area (Å²) >= 11 is 1.45. The number of benzene rings is 1. The Bertz CT molecular complexity index is 520. The number of carbonyl (C=O) groups excluding carboxylic acids is 2. The molecule has 0 unspecified atom stereocenters. The van der Waals surface area contributed by atoms with Gasteiger partial charge in [0.15, 0.2) is 11.5 Å². The molecule has 0 saturated carbocycles. The van der Waals surface area contributed by atoms with Crippen molar-refractivity contribution in [1.82, 2.24) is 5.32 Å². The highest BCUT2D eigenvalue weighted by Gasteiger charge is 2.09. The lowest BCUT2D eigenvalue weighted by molar-refractivity contribution is -0.123. The summed E-state index contributed by atoms with van der Waals surface area (Å²) in [7, 11) is 3.18. The van der Waals surface area contributed by atoms with Gasteiger partial charge in [0.25, 0.3) is 0 Å². The molecule has 0 aliphatic rings. The topological polar surface area (TPSA) is 90.6 Å². The molecule has 0 spiro atoms. The summed E-state index contributed by atoms with van der Waals surface area (Å²) < 4.78 is 10.5. The Kier molecular flexibility index (Phi) is 6.87. The Labute approximate surface area is 128 Å². The second kappa shape index (κ2) is 8.41. The molecule has 2 amide bonds. The van der Waals surface area contributed by atoms with Crippen LogP contribution in [0.1, 0.15) is 11.1 Å². The fourth-order valence-corrected chi connectivity index (χ4v) is 2.59. The monoisotopic (exact) mass is 312 g/mol. The summed E-state index contributed by atoms with van der Waals surface area (Å²) in [5.41, 5.74) is 7.09. The second-order valence-electron chi connectivity index (χ2n) is 4.37. The highest BCUT2D eigenvalue weighted by molar-refractivity contribution is 7.99. The van der Waals surface area contributed by atoms with Crippen molar-refractivity contribution in [2.45, 2.75) is 12.7 Å². The lowest BCUT2D eigenvalue weighted by Crippen LogP contribution is -2.34. The zero-order valence-corrected chi connectivity index (χ0v) is 13.2. The number of thioether (sulfide) groups is 1. The van der Waals surface area contributed by atoms with E-state index in [1.807, 2.05) is 19.1 Å². The predicted octanol–water partition coefficient (Wildman–Crippen LogP) is 0.847. The first-order valence-electron chi connectivity index (χ1n) is 6.32. The highest BCUT2D eigenvalue weighted by Crippen LogP contribution is 2.31. The van der Waals surface area contributed by atoms with Crippen LogP contribution in [0, 0.1) is 6.92 Å². The third-order valence-corrected chi connectivity index (χ3v) is 3.77. The molecular formula is C14H20N2O4S. The molecule has 6 nitrogen and oxygen atoms in total. The lowest BCUT2D eigenvalue weighted by atomic mass is 10.1. The number of methoxy groups -OCH3 is 2. The van der Waals surface area contributed by atoms with Crippen molar-refractivity contribution in [3.63, 3.8) is 0 Å². The molecule has 1 rings (SSSR count). The first kappa shape index (κ1) is 17.2. The third-order valence-electron chi connectivity index (χ3n) is 2.79. The highest BCUT2D eigenvalue weighted by atomic mass is 32.2. The van der Waals surface area contributed by atoms with Gasteiger partial charge in [-0.1, -0.05) is 0 Å². The van der Waals surface area contributed by atoms with Crippen molar-refractivity contribution < 1.29 is 19.1 Å². The molecule has 21 heavy (non-hydrogen) atoms. The maximum Gasteiger partial charge on any atom is 0.236 e. The van der Waals surface area contributed by atoms with Crippen LogP contribution in [-0.4, -0.2) is 38.3 Å². The largest absolute Gasteiger partial charge is 0.493 e. The van der Waals surface area contributed by atoms with Crippen molar-refractivity contribution in [1.29, 1.82) is 0 Å². The van der Waals surface area contributed by atoms with E-state index < -0.39 is 5.91 Å². The molecular weight excluding hydrogens is 292 g/mol. The molecule has 1 aromatic rings. The standard InChI is InChI=1S/C14H20N2O4S/c1-9-4-11(19-2)12(20-3)5-10(9)7-21-8-14(18)16-6-13(15)17/h4-5H,6-8H2,1-3H3,(H2,15,17)(H,16,18). The number of hydrogen-bond acceptors (Lipinski definition) is 5. The smallest absolute Gasteiger partial charge is 0.236 e. The predicted molar refractivity (Wildman–Crippen MR) is 82.6 cm³/mol. The van der Waals surface area contributed by atoms with E-state index >= 15 is 0 Å². The van der Waals surface area contributed by atoms with E-state index in [4.69, 9.17) is 15.2 Å². The molecule has 0 heterocycles. The minimum absolute atomic E-state index is 0.130. The van der Waals surface area contributed by atoms with Gasteiger partial charge in [0.1, 0.15) is 0 Å². The quantitative estimate of drug-likeness (QED) is 0.742. The van der Waals surface area contributed by atoms with Crippen LogP contribution in [0.3, 0.4) is 0 Å². The number of aryl methyl sites for hydroxylation is 1. The van der Waals surface area contributed by atoms with Crippen LogP contribution in [0.25, 0.3) is 0 Å². The first-order chi connectivity index (χ1) is 9.97. The van der Waals surface area contributed by atoms with Gasteiger partial charge in [0.05, 0.1) is 26.5 Å². The van der Waals surface area contributed by atoms with E-state index in [1.165, 1.54) is 11.8 Å². The number of carbonyl (C=O) groups is 2. The average molecular weight is 312 g/mol. The van der Waals surface area contributed by atoms with Crippen LogP contribution >= 0.6 is 11.8 Å². The summed E-state index contributed by atoms with van der Waals surface area (Å²) in [6.45, 7) is 1.85. The SMILES string of the molecule is COc1cc(C)c(CSCC(=O)NCC(N)=O)cc1OC. The summed E-state index contributed by atoms with van der Waals surface area (Å²) in [6.07, 6.45) is 0. The zero-order chi connectivity index (χ0) is 15.8. The average Bonchev–Trinajstić information content (AvgIpc) is 2.46. The molecule has 0 fully saturated rings. The van der Waals surface area contributed by atoms with E-state index in [9.17, 15) is 9.59 Å². The number of primary amides is 1. The molecule has 0 radical (unpaired) electrons. The molecule has 0 bridgehead atoms. The van der Waals surface area contributed by atoms with Crippen LogP contribution in [0.15, 0.2) is 12.1 Å². The maximum atomic E-state index is 11.5. The van der Waals surface area contributed by atoms with Crippen molar-refractivity contribution in [3.8, 4) is 11.5 Å². The van der Waals surface area contributed by atoms with Crippen molar-refractivity contribution in [2.24, 2.45) is 5.73 Å². The minimum atomic E-state index is -0.552. The number of ether oxygens (including phenoxy) is 2. The van der Waals surface area contributed by atoms with Gasteiger partial charge in [-0.15, -0.1) is 11.8 Å². The van der Waals surface area contributed by atoms with Crippen molar-refractivity contribution in [2.75, 3.05) is 26.5 Å². The van der Waals surface area contributed by atoms with Gasteiger partial charge in [-0.25, -0.2) is 0 Å². The van der Waals surface area contributed by atoms with Gasteiger partial charge in [-0.05, 0) is 30.2 Å². The van der Waals surface area contributed by atoms with Gasteiger partial charge in [0, 0.05) is 5.75 Å². The van der Waals surface area contributed by atoms with E-state index in [0.29, 0.717) is 17.3 Å². The fourth-order valence-electron chi connectivity index (χ4n) is 1.67. The van der Waals surface area contributed by atoms with E-state index in [2.05, 4.69) is 5.32 Å². The van der Waals surface area contributed by atoms with E-state index in [0.717, 1.165) is 11.1 Å². The second-order valence-corrected chi connectivity index (χ2v) is 5.36. The van der Waals surface area contributed by atoms with Crippen LogP contribution in [0.4, 0.5) is 0 Å². The van der Waals surface area contributed by atoms with Crippen LogP contribution in [0.2, 0.25) is 0 Å². The van der Waals surface area contributed by atoms with Crippen LogP contribution < -0.4 is 20.5 Å². The van der Waals surface area contributed by atoms with Gasteiger partial charge in [0.2, 0.25) is 11.8 Å². The number of nitrogens with one attached hydrogen (secondary N) is 1. The van der Waals surface area contributed by atoms with E-state index in [-0.39, 0.29) is 18.2 Å². The van der Waals surface area contributed by atoms with Crippen LogP contribution in [-0.2, 0) is 15.3 Å². The first-order valence-corrected chi connectivity index (χ1v) is 7.47. The summed E-state index contributed by atoms with van der Waals surface area (Å²) in [4.78, 5) is 22.0. The molecule has 116 valence electrons. The van der Waals surface area contributed by atoms with Crippen molar-refractivity contribution in [3.05, 3.63) is 23.3 Å². The minimum Gasteiger partial charge on any atom is -0.493 e. The zero-order valence-electron chi connectivity index (χ0n) is 12.4. The third kappa shape index (κ3) is 5.55. The molecule has 0 aliphatic heterocycles. The Morgan fingerprint density at radius 2 is 1.86 bits per heavy atom. The van der Waals surface area contributed by atoms with E-state index in [1.54, 1.807) is 14.2 Å². The van der Waals surface area contributed by atoms with Gasteiger partial charge in [-0.2, -0.15) is 0 Å². The maximum absolute atomic E-state index is 11.5. The number of hydrogen-bond donors (Lipinski definition) is 2. The molecule has 7 heteroatoms. The summed E-state index contributed by atoms with van der Waals surface area (Å²) in [5, 5.41) is 2.44. The molecule has 0 aliphatic carbocycles. The Morgan fingerprint density at radius 1 is 1.24 bits per heavy atom. The molecule has 1 aromatic carbocycles. The Hall–Kier alpha value is -1.89. The molecule has 0 atom stereocenters. The van der Waals surface area contributed by atoms with Gasteiger partial charge in [-0.3, -0.25) is 9.59 Å².